The molecule has 2 rings (SSSR count). The second kappa shape index (κ2) is 9.47. The molecule has 0 unspecified atom stereocenters. The Morgan fingerprint density at radius 2 is 1.20 bits per heavy atom. The fourth-order valence-corrected chi connectivity index (χ4v) is 2.29. The van der Waals surface area contributed by atoms with E-state index in [1.54, 1.807) is 0 Å². The third-order valence-electron chi connectivity index (χ3n) is 3.78. The maximum Gasteiger partial charge on any atom is 0.309 e. The van der Waals surface area contributed by atoms with Gasteiger partial charge in [-0.1, -0.05) is 43.3 Å². The number of nitrogens with one attached hydrogen (secondary N) is 2. The Morgan fingerprint density at radius 1 is 0.760 bits per heavy atom. The lowest BCUT2D eigenvalue weighted by molar-refractivity contribution is -0.139. The molecule has 0 saturated carbocycles. The van der Waals surface area contributed by atoms with Gasteiger partial charge in [0.1, 0.15) is 5.75 Å². The molecule has 0 aliphatic heterocycles. The minimum absolute atomic E-state index is 0.295. The molecule has 2 N–H and O–H groups in total. The lowest BCUT2D eigenvalue weighted by Gasteiger charge is -2.08. The Bertz CT molecular complexity index is 694. The Balaban J connectivity index is 1.76. The predicted molar refractivity (Wildman–Crippen MR) is 97.1 cm³/mol. The zero-order chi connectivity index (χ0) is 18.1. The standard InChI is InChI=1S/C20H24N2O3/c1-3-15-5-7-16(8-6-15)13-21-19(23)20(24)22-14-17-9-11-18(12-10-17)25-4-2/h5-12H,3-4,13-14H2,1-2H3,(H,21,23)(H,22,24). The van der Waals surface area contributed by atoms with Crippen molar-refractivity contribution < 1.29 is 14.3 Å². The van der Waals surface area contributed by atoms with E-state index in [1.807, 2.05) is 55.5 Å². The van der Waals surface area contributed by atoms with Crippen LogP contribution in [0, 0.1) is 0 Å². The monoisotopic (exact) mass is 340 g/mol. The normalized spacial score (nSPS) is 10.2. The SMILES string of the molecule is CCOc1ccc(CNC(=O)C(=O)NCc2ccc(CC)cc2)cc1. The molecule has 25 heavy (non-hydrogen) atoms. The van der Waals surface area contributed by atoms with Crippen LogP contribution in [-0.4, -0.2) is 18.4 Å². The van der Waals surface area contributed by atoms with Crippen molar-refractivity contribution >= 4 is 11.8 Å². The molecule has 2 aromatic carbocycles. The topological polar surface area (TPSA) is 67.4 Å². The number of aryl methyl sites for hydroxylation is 1. The summed E-state index contributed by atoms with van der Waals surface area (Å²) in [5.41, 5.74) is 3.10. The highest BCUT2D eigenvalue weighted by Crippen LogP contribution is 2.11. The number of hydrogen-bond acceptors (Lipinski definition) is 3. The average Bonchev–Trinajstić information content (AvgIpc) is 2.66. The molecule has 0 aromatic heterocycles. The summed E-state index contributed by atoms with van der Waals surface area (Å²) in [6.07, 6.45) is 0.973. The summed E-state index contributed by atoms with van der Waals surface area (Å²) in [5, 5.41) is 5.24. The van der Waals surface area contributed by atoms with Gasteiger partial charge < -0.3 is 15.4 Å². The second-order valence-electron chi connectivity index (χ2n) is 5.61. The van der Waals surface area contributed by atoms with Gasteiger partial charge in [0.05, 0.1) is 6.61 Å². The highest BCUT2D eigenvalue weighted by Gasteiger charge is 2.12. The summed E-state index contributed by atoms with van der Waals surface area (Å²) in [7, 11) is 0. The van der Waals surface area contributed by atoms with Crippen molar-refractivity contribution in [1.29, 1.82) is 0 Å². The van der Waals surface area contributed by atoms with E-state index in [-0.39, 0.29) is 0 Å². The van der Waals surface area contributed by atoms with Crippen LogP contribution in [0.4, 0.5) is 0 Å². The van der Waals surface area contributed by atoms with E-state index in [2.05, 4.69) is 17.6 Å². The van der Waals surface area contributed by atoms with Gasteiger partial charge in [-0.2, -0.15) is 0 Å². The number of rotatable bonds is 7. The van der Waals surface area contributed by atoms with Crippen LogP contribution in [0.25, 0.3) is 0 Å². The number of ether oxygens (including phenoxy) is 1. The van der Waals surface area contributed by atoms with Gasteiger partial charge in [-0.15, -0.1) is 0 Å². The first kappa shape index (κ1) is 18.5. The molecule has 5 nitrogen and oxygen atoms in total. The van der Waals surface area contributed by atoms with Crippen LogP contribution in [-0.2, 0) is 29.1 Å². The maximum atomic E-state index is 11.9. The van der Waals surface area contributed by atoms with Crippen molar-refractivity contribution in [2.45, 2.75) is 33.4 Å². The summed E-state index contributed by atoms with van der Waals surface area (Å²) in [6.45, 7) is 5.25. The van der Waals surface area contributed by atoms with Crippen LogP contribution in [0.3, 0.4) is 0 Å². The molecule has 0 saturated heterocycles. The predicted octanol–water partition coefficient (Wildman–Crippen LogP) is 2.58. The molecule has 0 fully saturated rings. The summed E-state index contributed by atoms with van der Waals surface area (Å²) in [5.74, 6) is -0.492. The summed E-state index contributed by atoms with van der Waals surface area (Å²) in [4.78, 5) is 23.7. The van der Waals surface area contributed by atoms with E-state index < -0.39 is 11.8 Å². The van der Waals surface area contributed by atoms with E-state index in [4.69, 9.17) is 4.74 Å². The van der Waals surface area contributed by atoms with Crippen LogP contribution in [0.2, 0.25) is 0 Å². The Labute approximate surface area is 148 Å². The first-order valence-corrected chi connectivity index (χ1v) is 8.48. The molecular formula is C20H24N2O3. The van der Waals surface area contributed by atoms with Crippen molar-refractivity contribution in [1.82, 2.24) is 10.6 Å². The van der Waals surface area contributed by atoms with Crippen LogP contribution in [0.1, 0.15) is 30.5 Å². The first-order valence-electron chi connectivity index (χ1n) is 8.48. The van der Waals surface area contributed by atoms with E-state index in [0.717, 1.165) is 23.3 Å². The molecule has 2 amide bonds. The molecule has 5 heteroatoms. The highest BCUT2D eigenvalue weighted by molar-refractivity contribution is 6.35. The number of carbonyl (C=O) groups excluding carboxylic acids is 2. The van der Waals surface area contributed by atoms with Gasteiger partial charge in [-0.05, 0) is 42.2 Å². The average molecular weight is 340 g/mol. The van der Waals surface area contributed by atoms with Crippen LogP contribution >= 0.6 is 0 Å². The van der Waals surface area contributed by atoms with Crippen molar-refractivity contribution in [2.24, 2.45) is 0 Å². The Kier molecular flexibility index (Phi) is 7.01. The largest absolute Gasteiger partial charge is 0.494 e. The quantitative estimate of drug-likeness (QED) is 0.761. The maximum absolute atomic E-state index is 11.9. The lowest BCUT2D eigenvalue weighted by Crippen LogP contribution is -2.39. The minimum atomic E-state index is -0.640. The van der Waals surface area contributed by atoms with Crippen molar-refractivity contribution in [3.63, 3.8) is 0 Å². The van der Waals surface area contributed by atoms with E-state index in [9.17, 15) is 9.59 Å². The number of hydrogen-bond donors (Lipinski definition) is 2. The molecule has 0 heterocycles. The van der Waals surface area contributed by atoms with Gasteiger partial charge in [0.15, 0.2) is 0 Å². The number of carbonyl (C=O) groups is 2. The van der Waals surface area contributed by atoms with Crippen LogP contribution < -0.4 is 15.4 Å². The molecule has 0 bridgehead atoms. The van der Waals surface area contributed by atoms with Gasteiger partial charge in [-0.25, -0.2) is 0 Å². The number of amides is 2. The summed E-state index contributed by atoms with van der Waals surface area (Å²) in [6, 6.07) is 15.3. The molecule has 0 aliphatic carbocycles. The van der Waals surface area contributed by atoms with Gasteiger partial charge in [-0.3, -0.25) is 9.59 Å². The highest BCUT2D eigenvalue weighted by atomic mass is 16.5. The van der Waals surface area contributed by atoms with E-state index in [0.29, 0.717) is 19.7 Å². The van der Waals surface area contributed by atoms with Crippen molar-refractivity contribution in [3.8, 4) is 5.75 Å². The summed E-state index contributed by atoms with van der Waals surface area (Å²) < 4.78 is 5.36. The fourth-order valence-electron chi connectivity index (χ4n) is 2.29. The zero-order valence-electron chi connectivity index (χ0n) is 14.7. The Hall–Kier alpha value is -2.82. The molecule has 132 valence electrons. The van der Waals surface area contributed by atoms with Crippen molar-refractivity contribution in [3.05, 3.63) is 65.2 Å². The third kappa shape index (κ3) is 5.95. The Morgan fingerprint density at radius 3 is 1.64 bits per heavy atom. The fraction of sp³-hybridized carbons (Fsp3) is 0.300. The third-order valence-corrected chi connectivity index (χ3v) is 3.78. The number of benzene rings is 2. The van der Waals surface area contributed by atoms with Gasteiger partial charge in [0, 0.05) is 13.1 Å². The van der Waals surface area contributed by atoms with Gasteiger partial charge in [0.2, 0.25) is 0 Å². The van der Waals surface area contributed by atoms with E-state index in [1.165, 1.54) is 5.56 Å². The van der Waals surface area contributed by atoms with Crippen LogP contribution in [0.5, 0.6) is 5.75 Å². The minimum Gasteiger partial charge on any atom is -0.494 e. The molecular weight excluding hydrogens is 316 g/mol. The zero-order valence-corrected chi connectivity index (χ0v) is 14.7. The summed E-state index contributed by atoms with van der Waals surface area (Å²) >= 11 is 0. The molecule has 2 aromatic rings. The van der Waals surface area contributed by atoms with Crippen LogP contribution in [0.15, 0.2) is 48.5 Å². The molecule has 0 spiro atoms. The first-order chi connectivity index (χ1) is 12.1. The smallest absolute Gasteiger partial charge is 0.309 e. The van der Waals surface area contributed by atoms with Crippen molar-refractivity contribution in [2.75, 3.05) is 6.61 Å². The van der Waals surface area contributed by atoms with Gasteiger partial charge in [0.25, 0.3) is 0 Å². The second-order valence-corrected chi connectivity index (χ2v) is 5.61. The molecule has 0 atom stereocenters. The van der Waals surface area contributed by atoms with Gasteiger partial charge >= 0.3 is 11.8 Å². The molecule has 0 radical (unpaired) electrons. The lowest BCUT2D eigenvalue weighted by atomic mass is 10.1. The molecule has 0 aliphatic rings. The van der Waals surface area contributed by atoms with E-state index >= 15 is 0 Å².